The van der Waals surface area contributed by atoms with E-state index in [-0.39, 0.29) is 5.96 Å². The molecule has 0 saturated carbocycles. The number of carbonyl (C=O) groups is 1. The Balaban J connectivity index is 2.10. The quantitative estimate of drug-likeness (QED) is 0.561. The van der Waals surface area contributed by atoms with Crippen molar-refractivity contribution in [3.63, 3.8) is 0 Å². The fourth-order valence-corrected chi connectivity index (χ4v) is 2.49. The van der Waals surface area contributed by atoms with Crippen LogP contribution in [-0.4, -0.2) is 26.6 Å². The number of hydrogen-bond acceptors (Lipinski definition) is 3. The first kappa shape index (κ1) is 14.7. The van der Waals surface area contributed by atoms with Crippen LogP contribution in [0.25, 0.3) is 16.6 Å². The lowest BCUT2D eigenvalue weighted by molar-refractivity contribution is 0.100. The number of aliphatic imine (C=N–C) groups is 1. The fourth-order valence-electron chi connectivity index (χ4n) is 2.49. The Morgan fingerprint density at radius 3 is 2.87 bits per heavy atom. The van der Waals surface area contributed by atoms with Crippen molar-refractivity contribution in [3.8, 4) is 5.69 Å². The van der Waals surface area contributed by atoms with Gasteiger partial charge in [0.25, 0.3) is 5.91 Å². The van der Waals surface area contributed by atoms with Gasteiger partial charge in [0.2, 0.25) is 0 Å². The lowest BCUT2D eigenvalue weighted by Crippen LogP contribution is -2.24. The highest BCUT2D eigenvalue weighted by Crippen LogP contribution is 2.20. The number of amides is 1. The molecule has 0 atom stereocenters. The van der Waals surface area contributed by atoms with E-state index in [1.54, 1.807) is 10.9 Å². The predicted octanol–water partition coefficient (Wildman–Crippen LogP) is 1.40. The Labute approximate surface area is 132 Å². The minimum Gasteiger partial charge on any atom is -0.370 e. The highest BCUT2D eigenvalue weighted by Gasteiger charge is 2.17. The minimum absolute atomic E-state index is 0.262. The van der Waals surface area contributed by atoms with Crippen molar-refractivity contribution >= 4 is 22.8 Å². The van der Waals surface area contributed by atoms with Crippen molar-refractivity contribution in [2.24, 2.45) is 16.5 Å². The Kier molecular flexibility index (Phi) is 3.76. The number of aromatic nitrogens is 3. The summed E-state index contributed by atoms with van der Waals surface area (Å²) in [6.07, 6.45) is 3.85. The zero-order valence-electron chi connectivity index (χ0n) is 12.6. The van der Waals surface area contributed by atoms with Crippen molar-refractivity contribution in [2.45, 2.75) is 13.3 Å². The van der Waals surface area contributed by atoms with Crippen LogP contribution in [0.15, 0.2) is 47.7 Å². The molecule has 116 valence electrons. The number of guanidine groups is 1. The van der Waals surface area contributed by atoms with Gasteiger partial charge in [0.1, 0.15) is 0 Å². The molecule has 7 heteroatoms. The molecule has 0 aliphatic rings. The summed E-state index contributed by atoms with van der Waals surface area (Å²) in [7, 11) is 0. The standard InChI is InChI=1S/C16H16N6O/c1-2-14-12(15(23)21-16(17)18)9-20-22(14)11-5-6-13-10(8-11)4-3-7-19-13/h3-9H,2H2,1H3,(H4,17,18,21,23). The largest absolute Gasteiger partial charge is 0.370 e. The molecule has 23 heavy (non-hydrogen) atoms. The molecule has 0 aliphatic carbocycles. The summed E-state index contributed by atoms with van der Waals surface area (Å²) < 4.78 is 1.72. The molecular formula is C16H16N6O. The van der Waals surface area contributed by atoms with Crippen LogP contribution in [0.3, 0.4) is 0 Å². The van der Waals surface area contributed by atoms with Gasteiger partial charge in [-0.1, -0.05) is 13.0 Å². The Bertz CT molecular complexity index is 908. The van der Waals surface area contributed by atoms with E-state index in [4.69, 9.17) is 11.5 Å². The van der Waals surface area contributed by atoms with E-state index in [2.05, 4.69) is 15.1 Å². The second-order valence-corrected chi connectivity index (χ2v) is 4.99. The molecule has 3 rings (SSSR count). The van der Waals surface area contributed by atoms with Crippen LogP contribution in [0.4, 0.5) is 0 Å². The summed E-state index contributed by atoms with van der Waals surface area (Å²) in [6.45, 7) is 1.95. The molecule has 7 nitrogen and oxygen atoms in total. The van der Waals surface area contributed by atoms with E-state index in [0.29, 0.717) is 12.0 Å². The zero-order valence-corrected chi connectivity index (χ0v) is 12.6. The summed E-state index contributed by atoms with van der Waals surface area (Å²) in [5.41, 5.74) is 13.5. The van der Waals surface area contributed by atoms with E-state index < -0.39 is 5.91 Å². The SMILES string of the molecule is CCc1c(C(=O)N=C(N)N)cnn1-c1ccc2ncccc2c1. The van der Waals surface area contributed by atoms with Gasteiger partial charge in [0.15, 0.2) is 5.96 Å². The summed E-state index contributed by atoms with van der Waals surface area (Å²) in [5.74, 6) is -0.753. The molecule has 0 fully saturated rings. The third-order valence-corrected chi connectivity index (χ3v) is 3.50. The Morgan fingerprint density at radius 2 is 2.13 bits per heavy atom. The van der Waals surface area contributed by atoms with Gasteiger partial charge in [-0.15, -0.1) is 0 Å². The normalized spacial score (nSPS) is 10.7. The van der Waals surface area contributed by atoms with Crippen molar-refractivity contribution in [2.75, 3.05) is 0 Å². The van der Waals surface area contributed by atoms with E-state index >= 15 is 0 Å². The third-order valence-electron chi connectivity index (χ3n) is 3.50. The Morgan fingerprint density at radius 1 is 1.30 bits per heavy atom. The number of nitrogens with two attached hydrogens (primary N) is 2. The van der Waals surface area contributed by atoms with Crippen molar-refractivity contribution in [1.82, 2.24) is 14.8 Å². The van der Waals surface area contributed by atoms with Crippen LogP contribution in [0.5, 0.6) is 0 Å². The maximum atomic E-state index is 12.1. The van der Waals surface area contributed by atoms with Crippen molar-refractivity contribution in [1.29, 1.82) is 0 Å². The van der Waals surface area contributed by atoms with Crippen LogP contribution < -0.4 is 11.5 Å². The second kappa shape index (κ2) is 5.88. The van der Waals surface area contributed by atoms with E-state index in [9.17, 15) is 4.79 Å². The maximum absolute atomic E-state index is 12.1. The van der Waals surface area contributed by atoms with E-state index in [1.807, 2.05) is 37.3 Å². The molecule has 1 aromatic carbocycles. The first-order valence-electron chi connectivity index (χ1n) is 7.16. The highest BCUT2D eigenvalue weighted by atomic mass is 16.1. The molecule has 0 bridgehead atoms. The second-order valence-electron chi connectivity index (χ2n) is 4.99. The predicted molar refractivity (Wildman–Crippen MR) is 88.4 cm³/mol. The van der Waals surface area contributed by atoms with Gasteiger partial charge in [-0.3, -0.25) is 9.78 Å². The molecule has 2 heterocycles. The summed E-state index contributed by atoms with van der Waals surface area (Å²) in [4.78, 5) is 20.0. The number of rotatable bonds is 3. The first-order valence-corrected chi connectivity index (χ1v) is 7.16. The molecule has 0 spiro atoms. The fraction of sp³-hybridized carbons (Fsp3) is 0.125. The zero-order chi connectivity index (χ0) is 16.4. The van der Waals surface area contributed by atoms with Crippen LogP contribution in [0.2, 0.25) is 0 Å². The number of hydrogen-bond donors (Lipinski definition) is 2. The summed E-state index contributed by atoms with van der Waals surface area (Å²) in [5, 5.41) is 5.32. The number of pyridine rings is 1. The van der Waals surface area contributed by atoms with Gasteiger partial charge < -0.3 is 11.5 Å². The summed E-state index contributed by atoms with van der Waals surface area (Å²) in [6, 6.07) is 9.67. The van der Waals surface area contributed by atoms with Gasteiger partial charge in [-0.05, 0) is 30.7 Å². The molecule has 0 saturated heterocycles. The number of benzene rings is 1. The average molecular weight is 308 g/mol. The molecule has 0 unspecified atom stereocenters. The molecule has 0 radical (unpaired) electrons. The first-order chi connectivity index (χ1) is 11.1. The van der Waals surface area contributed by atoms with Crippen LogP contribution in [-0.2, 0) is 6.42 Å². The van der Waals surface area contributed by atoms with Gasteiger partial charge in [-0.25, -0.2) is 4.68 Å². The Hall–Kier alpha value is -3.22. The van der Waals surface area contributed by atoms with E-state index in [1.165, 1.54) is 6.20 Å². The maximum Gasteiger partial charge on any atom is 0.283 e. The molecular weight excluding hydrogens is 292 g/mol. The van der Waals surface area contributed by atoms with Gasteiger partial charge in [0, 0.05) is 11.6 Å². The highest BCUT2D eigenvalue weighted by molar-refractivity contribution is 6.02. The van der Waals surface area contributed by atoms with Crippen LogP contribution in [0, 0.1) is 0 Å². The smallest absolute Gasteiger partial charge is 0.283 e. The molecule has 2 aromatic heterocycles. The monoisotopic (exact) mass is 308 g/mol. The van der Waals surface area contributed by atoms with Gasteiger partial charge >= 0.3 is 0 Å². The van der Waals surface area contributed by atoms with E-state index in [0.717, 1.165) is 22.3 Å². The third kappa shape index (κ3) is 2.76. The number of nitrogens with zero attached hydrogens (tertiary/aromatic N) is 4. The molecule has 4 N–H and O–H groups in total. The van der Waals surface area contributed by atoms with Crippen LogP contribution in [0.1, 0.15) is 23.0 Å². The minimum atomic E-state index is -0.490. The number of carbonyl (C=O) groups excluding carboxylic acids is 1. The van der Waals surface area contributed by atoms with Gasteiger partial charge in [0.05, 0.1) is 28.7 Å². The topological polar surface area (TPSA) is 112 Å². The summed E-state index contributed by atoms with van der Waals surface area (Å²) >= 11 is 0. The number of fused-ring (bicyclic) bond motifs is 1. The lowest BCUT2D eigenvalue weighted by Gasteiger charge is -2.08. The molecule has 3 aromatic rings. The molecule has 1 amide bonds. The molecule has 0 aliphatic heterocycles. The van der Waals surface area contributed by atoms with Crippen molar-refractivity contribution < 1.29 is 4.79 Å². The average Bonchev–Trinajstić information content (AvgIpc) is 2.97. The van der Waals surface area contributed by atoms with Crippen LogP contribution >= 0.6 is 0 Å². The van der Waals surface area contributed by atoms with Crippen molar-refractivity contribution in [3.05, 3.63) is 54.0 Å². The lowest BCUT2D eigenvalue weighted by atomic mass is 10.1. The van der Waals surface area contributed by atoms with Gasteiger partial charge in [-0.2, -0.15) is 10.1 Å².